The summed E-state index contributed by atoms with van der Waals surface area (Å²) in [5.74, 6) is 2.07. The standard InChI is InChI=1S/C13H16F3N3OS/c14-13(15,16)20-11-4-2-1-3-10(11)9-18-12(17)19-5-7-21-8-6-19/h1-4H,5-9H2,(H2,17,18). The molecule has 1 aliphatic rings. The number of aliphatic imine (C=N–C) groups is 1. The molecule has 1 saturated heterocycles. The van der Waals surface area contributed by atoms with Crippen molar-refractivity contribution in [3.05, 3.63) is 29.8 Å². The van der Waals surface area contributed by atoms with E-state index in [0.717, 1.165) is 24.6 Å². The molecular weight excluding hydrogens is 303 g/mol. The van der Waals surface area contributed by atoms with E-state index in [2.05, 4.69) is 9.73 Å². The van der Waals surface area contributed by atoms with Gasteiger partial charge in [-0.3, -0.25) is 0 Å². The molecule has 0 unspecified atom stereocenters. The fourth-order valence-electron chi connectivity index (χ4n) is 1.92. The second kappa shape index (κ2) is 6.93. The average Bonchev–Trinajstić information content (AvgIpc) is 2.45. The molecule has 0 aliphatic carbocycles. The van der Waals surface area contributed by atoms with Gasteiger partial charge >= 0.3 is 6.36 Å². The SMILES string of the molecule is NC(=NCc1ccccc1OC(F)(F)F)N1CCSCC1. The fraction of sp³-hybridized carbons (Fsp3) is 0.462. The minimum Gasteiger partial charge on any atom is -0.405 e. The van der Waals surface area contributed by atoms with E-state index in [4.69, 9.17) is 5.73 Å². The molecule has 4 nitrogen and oxygen atoms in total. The van der Waals surface area contributed by atoms with Crippen molar-refractivity contribution in [3.8, 4) is 5.75 Å². The van der Waals surface area contributed by atoms with Crippen LogP contribution in [-0.2, 0) is 6.54 Å². The Balaban J connectivity index is 2.05. The van der Waals surface area contributed by atoms with Crippen LogP contribution in [0, 0.1) is 0 Å². The van der Waals surface area contributed by atoms with Gasteiger partial charge in [0, 0.05) is 30.2 Å². The molecule has 0 radical (unpaired) electrons. The topological polar surface area (TPSA) is 50.9 Å². The van der Waals surface area contributed by atoms with Crippen molar-refractivity contribution in [2.75, 3.05) is 24.6 Å². The van der Waals surface area contributed by atoms with Crippen LogP contribution in [-0.4, -0.2) is 41.8 Å². The van der Waals surface area contributed by atoms with Gasteiger partial charge in [-0.15, -0.1) is 13.2 Å². The Morgan fingerprint density at radius 2 is 1.95 bits per heavy atom. The summed E-state index contributed by atoms with van der Waals surface area (Å²) in [4.78, 5) is 6.11. The number of thioether (sulfide) groups is 1. The molecule has 0 saturated carbocycles. The minimum atomic E-state index is -4.71. The number of nitrogens with two attached hydrogens (primary N) is 1. The summed E-state index contributed by atoms with van der Waals surface area (Å²) in [7, 11) is 0. The predicted molar refractivity (Wildman–Crippen MR) is 77.3 cm³/mol. The Labute approximate surface area is 125 Å². The van der Waals surface area contributed by atoms with Crippen LogP contribution in [0.1, 0.15) is 5.56 Å². The first-order valence-corrected chi connectivity index (χ1v) is 7.57. The molecule has 2 rings (SSSR count). The lowest BCUT2D eigenvalue weighted by Gasteiger charge is -2.27. The van der Waals surface area contributed by atoms with E-state index in [1.807, 2.05) is 16.7 Å². The third-order valence-electron chi connectivity index (χ3n) is 2.94. The molecule has 1 aromatic carbocycles. The van der Waals surface area contributed by atoms with E-state index in [9.17, 15) is 13.2 Å². The van der Waals surface area contributed by atoms with E-state index in [0.29, 0.717) is 11.5 Å². The van der Waals surface area contributed by atoms with Crippen LogP contribution < -0.4 is 10.5 Å². The zero-order chi connectivity index (χ0) is 15.3. The third-order valence-corrected chi connectivity index (χ3v) is 3.89. The first-order valence-electron chi connectivity index (χ1n) is 6.42. The second-order valence-electron chi connectivity index (χ2n) is 4.43. The quantitative estimate of drug-likeness (QED) is 0.687. The molecule has 116 valence electrons. The molecule has 0 amide bonds. The molecule has 0 aromatic heterocycles. The van der Waals surface area contributed by atoms with E-state index < -0.39 is 6.36 Å². The van der Waals surface area contributed by atoms with Gasteiger partial charge in [0.25, 0.3) is 0 Å². The highest BCUT2D eigenvalue weighted by Crippen LogP contribution is 2.26. The number of alkyl halides is 3. The van der Waals surface area contributed by atoms with Gasteiger partial charge in [-0.1, -0.05) is 18.2 Å². The zero-order valence-corrected chi connectivity index (χ0v) is 12.1. The van der Waals surface area contributed by atoms with Gasteiger partial charge in [-0.25, -0.2) is 4.99 Å². The lowest BCUT2D eigenvalue weighted by atomic mass is 10.2. The predicted octanol–water partition coefficient (Wildman–Crippen LogP) is 2.45. The molecule has 1 aliphatic heterocycles. The normalized spacial score (nSPS) is 16.9. The van der Waals surface area contributed by atoms with E-state index in [1.165, 1.54) is 12.1 Å². The summed E-state index contributed by atoms with van der Waals surface area (Å²) < 4.78 is 40.9. The summed E-state index contributed by atoms with van der Waals surface area (Å²) in [5.41, 5.74) is 6.23. The Morgan fingerprint density at radius 1 is 1.29 bits per heavy atom. The number of rotatable bonds is 3. The van der Waals surface area contributed by atoms with E-state index in [-0.39, 0.29) is 12.3 Å². The number of ether oxygens (including phenoxy) is 1. The highest BCUT2D eigenvalue weighted by atomic mass is 32.2. The summed E-state index contributed by atoms with van der Waals surface area (Å²) in [6, 6.07) is 5.94. The molecule has 2 N–H and O–H groups in total. The van der Waals surface area contributed by atoms with Crippen molar-refractivity contribution in [2.45, 2.75) is 12.9 Å². The van der Waals surface area contributed by atoms with Crippen molar-refractivity contribution in [1.29, 1.82) is 0 Å². The highest BCUT2D eigenvalue weighted by Gasteiger charge is 2.31. The minimum absolute atomic E-state index is 0.0573. The molecule has 0 spiro atoms. The molecule has 0 atom stereocenters. The largest absolute Gasteiger partial charge is 0.573 e. The monoisotopic (exact) mass is 319 g/mol. The van der Waals surface area contributed by atoms with Crippen LogP contribution in [0.2, 0.25) is 0 Å². The lowest BCUT2D eigenvalue weighted by molar-refractivity contribution is -0.274. The first kappa shape index (κ1) is 15.8. The van der Waals surface area contributed by atoms with Gasteiger partial charge < -0.3 is 15.4 Å². The molecule has 1 fully saturated rings. The Bertz CT molecular complexity index is 502. The van der Waals surface area contributed by atoms with Crippen LogP contribution >= 0.6 is 11.8 Å². The van der Waals surface area contributed by atoms with Gasteiger partial charge in [0.05, 0.1) is 6.54 Å². The smallest absolute Gasteiger partial charge is 0.405 e. The number of guanidine groups is 1. The van der Waals surface area contributed by atoms with Crippen molar-refractivity contribution in [3.63, 3.8) is 0 Å². The summed E-state index contributed by atoms with van der Waals surface area (Å²) in [5, 5.41) is 0. The number of nitrogens with zero attached hydrogens (tertiary/aromatic N) is 2. The van der Waals surface area contributed by atoms with Gasteiger partial charge in [0.2, 0.25) is 0 Å². The first-order chi connectivity index (χ1) is 9.96. The van der Waals surface area contributed by atoms with Crippen molar-refractivity contribution in [2.24, 2.45) is 10.7 Å². The highest BCUT2D eigenvalue weighted by molar-refractivity contribution is 7.99. The lowest BCUT2D eigenvalue weighted by Crippen LogP contribution is -2.42. The second-order valence-corrected chi connectivity index (χ2v) is 5.65. The Kier molecular flexibility index (Phi) is 5.22. The Morgan fingerprint density at radius 3 is 2.62 bits per heavy atom. The van der Waals surface area contributed by atoms with Crippen LogP contribution in [0.5, 0.6) is 5.75 Å². The summed E-state index contributed by atoms with van der Waals surface area (Å²) in [6.45, 7) is 1.67. The van der Waals surface area contributed by atoms with E-state index in [1.54, 1.807) is 12.1 Å². The maximum absolute atomic E-state index is 12.3. The third kappa shape index (κ3) is 5.04. The summed E-state index contributed by atoms with van der Waals surface area (Å²) in [6.07, 6.45) is -4.71. The number of hydrogen-bond donors (Lipinski definition) is 1. The summed E-state index contributed by atoms with van der Waals surface area (Å²) >= 11 is 1.84. The number of halogens is 3. The number of benzene rings is 1. The van der Waals surface area contributed by atoms with Gasteiger partial charge in [-0.2, -0.15) is 11.8 Å². The molecule has 21 heavy (non-hydrogen) atoms. The van der Waals surface area contributed by atoms with Crippen molar-refractivity contribution < 1.29 is 17.9 Å². The molecule has 1 heterocycles. The molecule has 0 bridgehead atoms. The number of hydrogen-bond acceptors (Lipinski definition) is 3. The van der Waals surface area contributed by atoms with Crippen LogP contribution in [0.25, 0.3) is 0 Å². The maximum atomic E-state index is 12.3. The fourth-order valence-corrected chi connectivity index (χ4v) is 2.82. The van der Waals surface area contributed by atoms with Gasteiger partial charge in [-0.05, 0) is 6.07 Å². The maximum Gasteiger partial charge on any atom is 0.573 e. The average molecular weight is 319 g/mol. The Hall–Kier alpha value is -1.57. The molecular formula is C13H16F3N3OS. The van der Waals surface area contributed by atoms with Crippen molar-refractivity contribution >= 4 is 17.7 Å². The van der Waals surface area contributed by atoms with Crippen LogP contribution in [0.4, 0.5) is 13.2 Å². The van der Waals surface area contributed by atoms with Gasteiger partial charge in [0.15, 0.2) is 5.96 Å². The van der Waals surface area contributed by atoms with E-state index >= 15 is 0 Å². The molecule has 8 heteroatoms. The van der Waals surface area contributed by atoms with Crippen LogP contribution in [0.3, 0.4) is 0 Å². The molecule has 1 aromatic rings. The van der Waals surface area contributed by atoms with Gasteiger partial charge in [0.1, 0.15) is 5.75 Å². The number of para-hydroxylation sites is 1. The zero-order valence-electron chi connectivity index (χ0n) is 11.3. The van der Waals surface area contributed by atoms with Crippen LogP contribution in [0.15, 0.2) is 29.3 Å². The van der Waals surface area contributed by atoms with Crippen molar-refractivity contribution in [1.82, 2.24) is 4.90 Å².